The Morgan fingerprint density at radius 1 is 1.06 bits per heavy atom. The molecule has 0 fully saturated rings. The van der Waals surface area contributed by atoms with Gasteiger partial charge in [-0.1, -0.05) is 34.6 Å². The van der Waals surface area contributed by atoms with E-state index in [1.54, 1.807) is 0 Å². The van der Waals surface area contributed by atoms with E-state index >= 15 is 0 Å². The highest BCUT2D eigenvalue weighted by molar-refractivity contribution is 5.70. The molecule has 0 aliphatic carbocycles. The molecule has 3 unspecified atom stereocenters. The van der Waals surface area contributed by atoms with E-state index in [1.807, 2.05) is 13.8 Å². The summed E-state index contributed by atoms with van der Waals surface area (Å²) in [4.78, 5) is 11.0. The Morgan fingerprint density at radius 3 is 1.88 bits per heavy atom. The Kier molecular flexibility index (Phi) is 6.65. The molecule has 0 aromatic carbocycles. The summed E-state index contributed by atoms with van der Waals surface area (Å²) in [6.45, 7) is 10.0. The topological polar surface area (TPSA) is 57.5 Å². The van der Waals surface area contributed by atoms with Crippen LogP contribution in [0, 0.1) is 23.7 Å². The van der Waals surface area contributed by atoms with Crippen molar-refractivity contribution in [2.45, 2.75) is 53.6 Å². The molecule has 0 aromatic heterocycles. The maximum atomic E-state index is 11.0. The van der Waals surface area contributed by atoms with Crippen LogP contribution in [0.5, 0.6) is 0 Å². The molecule has 2 N–H and O–H groups in total. The van der Waals surface area contributed by atoms with Crippen molar-refractivity contribution < 1.29 is 15.0 Å². The van der Waals surface area contributed by atoms with Crippen LogP contribution in [-0.4, -0.2) is 22.3 Å². The third-order valence-electron chi connectivity index (χ3n) is 2.94. The minimum Gasteiger partial charge on any atom is -0.481 e. The molecule has 3 atom stereocenters. The lowest BCUT2D eigenvalue weighted by atomic mass is 9.84. The number of aliphatic hydroxyl groups excluding tert-OH is 1. The summed E-state index contributed by atoms with van der Waals surface area (Å²) in [5, 5.41) is 19.0. The molecule has 96 valence electrons. The zero-order chi connectivity index (χ0) is 12.9. The van der Waals surface area contributed by atoms with Crippen molar-refractivity contribution in [3.63, 3.8) is 0 Å². The average Bonchev–Trinajstić information content (AvgIpc) is 1.98. The number of aliphatic hydroxyl groups is 1. The van der Waals surface area contributed by atoms with Crippen LogP contribution >= 0.6 is 0 Å². The molecule has 0 aliphatic heterocycles. The second kappa shape index (κ2) is 6.89. The van der Waals surface area contributed by atoms with Gasteiger partial charge in [0.1, 0.15) is 0 Å². The van der Waals surface area contributed by atoms with Crippen molar-refractivity contribution in [1.82, 2.24) is 0 Å². The van der Waals surface area contributed by atoms with Gasteiger partial charge in [0.25, 0.3) is 0 Å². The van der Waals surface area contributed by atoms with Gasteiger partial charge < -0.3 is 10.2 Å². The summed E-state index contributed by atoms with van der Waals surface area (Å²) in [5.74, 6) is -0.604. The van der Waals surface area contributed by atoms with Crippen molar-refractivity contribution in [3.8, 4) is 0 Å². The predicted molar refractivity (Wildman–Crippen MR) is 65.2 cm³/mol. The lowest BCUT2D eigenvalue weighted by molar-refractivity contribution is -0.148. The first kappa shape index (κ1) is 15.4. The summed E-state index contributed by atoms with van der Waals surface area (Å²) in [5.41, 5.74) is 0. The molecule has 0 saturated carbocycles. The van der Waals surface area contributed by atoms with E-state index in [4.69, 9.17) is 5.11 Å². The summed E-state index contributed by atoms with van der Waals surface area (Å²) < 4.78 is 0. The van der Waals surface area contributed by atoms with E-state index in [-0.39, 0.29) is 5.92 Å². The molecule has 0 amide bonds. The predicted octanol–water partition coefficient (Wildman–Crippen LogP) is 2.78. The van der Waals surface area contributed by atoms with Crippen molar-refractivity contribution in [1.29, 1.82) is 0 Å². The van der Waals surface area contributed by atoms with E-state index in [9.17, 15) is 9.90 Å². The zero-order valence-corrected chi connectivity index (χ0v) is 11.1. The maximum absolute atomic E-state index is 11.0. The lowest BCUT2D eigenvalue weighted by Crippen LogP contribution is -2.33. The molecule has 3 heteroatoms. The highest BCUT2D eigenvalue weighted by Gasteiger charge is 2.30. The third-order valence-corrected chi connectivity index (χ3v) is 2.94. The fraction of sp³-hybridized carbons (Fsp3) is 0.923. The maximum Gasteiger partial charge on any atom is 0.309 e. The Labute approximate surface area is 98.9 Å². The highest BCUT2D eigenvalue weighted by Crippen LogP contribution is 2.24. The van der Waals surface area contributed by atoms with Crippen LogP contribution in [0.3, 0.4) is 0 Å². The van der Waals surface area contributed by atoms with Crippen molar-refractivity contribution in [3.05, 3.63) is 0 Å². The van der Waals surface area contributed by atoms with Gasteiger partial charge in [0.2, 0.25) is 0 Å². The average molecular weight is 230 g/mol. The lowest BCUT2D eigenvalue weighted by Gasteiger charge is -2.25. The normalized spacial score (nSPS) is 17.5. The van der Waals surface area contributed by atoms with E-state index in [0.717, 1.165) is 6.42 Å². The van der Waals surface area contributed by atoms with E-state index < -0.39 is 18.0 Å². The van der Waals surface area contributed by atoms with Crippen LogP contribution in [0.2, 0.25) is 0 Å². The first-order valence-electron chi connectivity index (χ1n) is 6.16. The number of hydrogen-bond donors (Lipinski definition) is 2. The van der Waals surface area contributed by atoms with Crippen molar-refractivity contribution in [2.24, 2.45) is 23.7 Å². The van der Waals surface area contributed by atoms with E-state index in [1.165, 1.54) is 0 Å². The van der Waals surface area contributed by atoms with Gasteiger partial charge in [-0.05, 0) is 30.6 Å². The summed E-state index contributed by atoms with van der Waals surface area (Å²) in [7, 11) is 0. The van der Waals surface area contributed by atoms with Gasteiger partial charge >= 0.3 is 5.97 Å². The smallest absolute Gasteiger partial charge is 0.309 e. The SMILES string of the molecule is CC(C)CC(C)CC(O)C(C(=O)O)C(C)C. The van der Waals surface area contributed by atoms with Crippen LogP contribution in [0.1, 0.15) is 47.5 Å². The summed E-state index contributed by atoms with van der Waals surface area (Å²) >= 11 is 0. The first-order chi connectivity index (χ1) is 7.25. The Hall–Kier alpha value is -0.570. The van der Waals surface area contributed by atoms with Gasteiger partial charge in [-0.25, -0.2) is 0 Å². The second-order valence-electron chi connectivity index (χ2n) is 5.65. The van der Waals surface area contributed by atoms with Gasteiger partial charge in [0, 0.05) is 0 Å². The van der Waals surface area contributed by atoms with Crippen LogP contribution in [0.25, 0.3) is 0 Å². The molecule has 0 bridgehead atoms. The van der Waals surface area contributed by atoms with E-state index in [2.05, 4.69) is 20.8 Å². The van der Waals surface area contributed by atoms with Crippen LogP contribution in [0.4, 0.5) is 0 Å². The Morgan fingerprint density at radius 2 is 1.56 bits per heavy atom. The molecular weight excluding hydrogens is 204 g/mol. The Bertz CT molecular complexity index is 211. The number of carboxylic acids is 1. The first-order valence-corrected chi connectivity index (χ1v) is 6.16. The molecule has 0 rings (SSSR count). The molecule has 3 nitrogen and oxygen atoms in total. The number of hydrogen-bond acceptors (Lipinski definition) is 2. The summed E-state index contributed by atoms with van der Waals surface area (Å²) in [6, 6.07) is 0. The standard InChI is InChI=1S/C13H26O3/c1-8(2)6-10(5)7-11(14)12(9(3)4)13(15)16/h8-12,14H,6-7H2,1-5H3,(H,15,16). The highest BCUT2D eigenvalue weighted by atomic mass is 16.4. The van der Waals surface area contributed by atoms with Gasteiger partial charge in [0.05, 0.1) is 12.0 Å². The molecule has 0 aromatic rings. The molecule has 0 saturated heterocycles. The quantitative estimate of drug-likeness (QED) is 0.707. The monoisotopic (exact) mass is 230 g/mol. The van der Waals surface area contributed by atoms with Crippen LogP contribution < -0.4 is 0 Å². The fourth-order valence-corrected chi connectivity index (χ4v) is 2.35. The Balaban J connectivity index is 4.30. The van der Waals surface area contributed by atoms with Gasteiger partial charge in [-0.2, -0.15) is 0 Å². The van der Waals surface area contributed by atoms with Crippen molar-refractivity contribution in [2.75, 3.05) is 0 Å². The molecule has 0 radical (unpaired) electrons. The molecule has 0 spiro atoms. The molecule has 0 aliphatic rings. The van der Waals surface area contributed by atoms with Crippen molar-refractivity contribution >= 4 is 5.97 Å². The largest absolute Gasteiger partial charge is 0.481 e. The third kappa shape index (κ3) is 5.50. The van der Waals surface area contributed by atoms with Gasteiger partial charge in [-0.15, -0.1) is 0 Å². The number of carbonyl (C=O) groups is 1. The number of carboxylic acid groups (broad SMARTS) is 1. The zero-order valence-electron chi connectivity index (χ0n) is 11.1. The fourth-order valence-electron chi connectivity index (χ4n) is 2.35. The minimum absolute atomic E-state index is 0.0289. The van der Waals surface area contributed by atoms with Gasteiger partial charge in [-0.3, -0.25) is 4.79 Å². The summed E-state index contributed by atoms with van der Waals surface area (Å²) in [6.07, 6.45) is 0.876. The molecule has 16 heavy (non-hydrogen) atoms. The number of aliphatic carboxylic acids is 1. The van der Waals surface area contributed by atoms with Crippen LogP contribution in [0.15, 0.2) is 0 Å². The molecular formula is C13H26O3. The number of rotatable bonds is 7. The second-order valence-corrected chi connectivity index (χ2v) is 5.65. The minimum atomic E-state index is -0.890. The van der Waals surface area contributed by atoms with Gasteiger partial charge in [0.15, 0.2) is 0 Å². The van der Waals surface area contributed by atoms with E-state index in [0.29, 0.717) is 18.3 Å². The molecule has 0 heterocycles. The van der Waals surface area contributed by atoms with Crippen LogP contribution in [-0.2, 0) is 4.79 Å².